The molecule has 1 aromatic carbocycles. The number of rotatable bonds is 5. The van der Waals surface area contributed by atoms with Gasteiger partial charge < -0.3 is 20.6 Å². The minimum absolute atomic E-state index is 0.0101. The summed E-state index contributed by atoms with van der Waals surface area (Å²) in [4.78, 5) is 14.3. The summed E-state index contributed by atoms with van der Waals surface area (Å²) in [5, 5.41) is 15.6. The normalized spacial score (nSPS) is 17.5. The number of nitrogens with zero attached hydrogens (tertiary/aromatic N) is 1. The van der Waals surface area contributed by atoms with E-state index in [2.05, 4.69) is 15.5 Å². The third-order valence-electron chi connectivity index (χ3n) is 4.75. The summed E-state index contributed by atoms with van der Waals surface area (Å²) in [7, 11) is 0. The summed E-state index contributed by atoms with van der Waals surface area (Å²) < 4.78 is 13.6. The fourth-order valence-corrected chi connectivity index (χ4v) is 2.65. The first kappa shape index (κ1) is 18.5. The van der Waals surface area contributed by atoms with E-state index < -0.39 is 11.6 Å². The van der Waals surface area contributed by atoms with E-state index in [0.717, 1.165) is 31.6 Å². The number of anilines is 2. The summed E-state index contributed by atoms with van der Waals surface area (Å²) in [6, 6.07) is 4.01. The van der Waals surface area contributed by atoms with Gasteiger partial charge in [-0.2, -0.15) is 0 Å². The Morgan fingerprint density at radius 2 is 2.00 bits per heavy atom. The highest BCUT2D eigenvalue weighted by Gasteiger charge is 2.25. The molecule has 6 heteroatoms. The third-order valence-corrected chi connectivity index (χ3v) is 4.75. The van der Waals surface area contributed by atoms with Crippen LogP contribution in [0.15, 0.2) is 18.2 Å². The molecule has 5 nitrogen and oxygen atoms in total. The molecular weight excluding hydrogens is 309 g/mol. The van der Waals surface area contributed by atoms with Gasteiger partial charge in [-0.3, -0.25) is 0 Å². The van der Waals surface area contributed by atoms with Crippen molar-refractivity contribution in [2.24, 2.45) is 5.92 Å². The Hall–Kier alpha value is -1.82. The topological polar surface area (TPSA) is 64.6 Å². The number of hydrogen-bond donors (Lipinski definition) is 3. The second-order valence-electron chi connectivity index (χ2n) is 7.03. The molecule has 1 atom stereocenters. The second kappa shape index (κ2) is 7.83. The third kappa shape index (κ3) is 4.84. The predicted molar refractivity (Wildman–Crippen MR) is 94.9 cm³/mol. The van der Waals surface area contributed by atoms with Gasteiger partial charge >= 0.3 is 6.03 Å². The lowest BCUT2D eigenvalue weighted by Gasteiger charge is -2.31. The van der Waals surface area contributed by atoms with Crippen molar-refractivity contribution in [2.45, 2.75) is 45.6 Å². The first-order chi connectivity index (χ1) is 11.3. The maximum atomic E-state index is 13.6. The second-order valence-corrected chi connectivity index (χ2v) is 7.03. The van der Waals surface area contributed by atoms with Crippen molar-refractivity contribution in [3.05, 3.63) is 24.0 Å². The van der Waals surface area contributed by atoms with Gasteiger partial charge in [0.05, 0.1) is 17.0 Å². The van der Waals surface area contributed by atoms with Crippen molar-refractivity contribution in [2.75, 3.05) is 29.9 Å². The molecule has 0 spiro atoms. The van der Waals surface area contributed by atoms with E-state index in [-0.39, 0.29) is 18.3 Å². The molecule has 0 bridgehead atoms. The summed E-state index contributed by atoms with van der Waals surface area (Å²) >= 11 is 0. The van der Waals surface area contributed by atoms with E-state index in [1.54, 1.807) is 13.0 Å². The molecule has 1 aromatic rings. The van der Waals surface area contributed by atoms with Crippen LogP contribution in [0, 0.1) is 11.7 Å². The molecule has 1 fully saturated rings. The van der Waals surface area contributed by atoms with Gasteiger partial charge in [0.25, 0.3) is 0 Å². The molecule has 3 N–H and O–H groups in total. The van der Waals surface area contributed by atoms with Crippen molar-refractivity contribution < 1.29 is 14.3 Å². The molecule has 0 saturated carbocycles. The molecule has 1 aliphatic heterocycles. The Balaban J connectivity index is 2.05. The zero-order valence-corrected chi connectivity index (χ0v) is 14.7. The van der Waals surface area contributed by atoms with Gasteiger partial charge in [-0.05, 0) is 50.3 Å². The Morgan fingerprint density at radius 3 is 2.62 bits per heavy atom. The van der Waals surface area contributed by atoms with Gasteiger partial charge in [-0.1, -0.05) is 13.8 Å². The number of carbonyl (C=O) groups is 1. The van der Waals surface area contributed by atoms with E-state index >= 15 is 0 Å². The van der Waals surface area contributed by atoms with Crippen LogP contribution < -0.4 is 15.5 Å². The van der Waals surface area contributed by atoms with Crippen LogP contribution in [0.25, 0.3) is 0 Å². The Morgan fingerprint density at radius 1 is 1.33 bits per heavy atom. The molecule has 0 aromatic heterocycles. The molecule has 2 rings (SSSR count). The van der Waals surface area contributed by atoms with E-state index in [0.29, 0.717) is 5.69 Å². The molecule has 1 aliphatic rings. The highest BCUT2D eigenvalue weighted by molar-refractivity contribution is 5.93. The van der Waals surface area contributed by atoms with Crippen molar-refractivity contribution in [3.8, 4) is 0 Å². The fraction of sp³-hybridized carbons (Fsp3) is 0.611. The highest BCUT2D eigenvalue weighted by atomic mass is 19.1. The average Bonchev–Trinajstić information content (AvgIpc) is 2.54. The average molecular weight is 337 g/mol. The number of nitrogens with one attached hydrogen (secondary N) is 2. The van der Waals surface area contributed by atoms with E-state index in [9.17, 15) is 14.3 Å². The first-order valence-corrected chi connectivity index (χ1v) is 8.61. The summed E-state index contributed by atoms with van der Waals surface area (Å²) in [6.45, 7) is 7.40. The summed E-state index contributed by atoms with van der Waals surface area (Å²) in [5.41, 5.74) is 0.301. The van der Waals surface area contributed by atoms with Crippen molar-refractivity contribution in [3.63, 3.8) is 0 Å². The van der Waals surface area contributed by atoms with Gasteiger partial charge in [0, 0.05) is 19.6 Å². The molecule has 2 amide bonds. The Kier molecular flexibility index (Phi) is 6.04. The van der Waals surface area contributed by atoms with Gasteiger partial charge in [0.2, 0.25) is 0 Å². The number of halogens is 1. The number of piperidine rings is 1. The van der Waals surface area contributed by atoms with Crippen molar-refractivity contribution >= 4 is 17.4 Å². The maximum Gasteiger partial charge on any atom is 0.319 e. The first-order valence-electron chi connectivity index (χ1n) is 8.61. The Bertz CT molecular complexity index is 569. The molecule has 1 heterocycles. The van der Waals surface area contributed by atoms with Crippen LogP contribution in [0.3, 0.4) is 0 Å². The number of aliphatic hydroxyl groups is 1. The standard InChI is InChI=1S/C18H28FN3O2/c1-13(2)18(3,24)12-20-17(23)21-15-11-14(19)7-8-16(15)22-9-5-4-6-10-22/h7-8,11,13,24H,4-6,9-10,12H2,1-3H3,(H2,20,21,23). The number of carbonyl (C=O) groups excluding carboxylic acids is 1. The number of hydrogen-bond acceptors (Lipinski definition) is 3. The maximum absolute atomic E-state index is 13.6. The minimum atomic E-state index is -0.991. The summed E-state index contributed by atoms with van der Waals surface area (Å²) in [6.07, 6.45) is 3.39. The number of urea groups is 1. The molecular formula is C18H28FN3O2. The van der Waals surface area contributed by atoms with Crippen molar-refractivity contribution in [1.82, 2.24) is 5.32 Å². The van der Waals surface area contributed by atoms with Gasteiger partial charge in [0.15, 0.2) is 0 Å². The largest absolute Gasteiger partial charge is 0.388 e. The molecule has 0 radical (unpaired) electrons. The molecule has 1 unspecified atom stereocenters. The highest BCUT2D eigenvalue weighted by Crippen LogP contribution is 2.29. The van der Waals surface area contributed by atoms with Crippen LogP contribution >= 0.6 is 0 Å². The van der Waals surface area contributed by atoms with Crippen LogP contribution in [0.4, 0.5) is 20.6 Å². The quantitative estimate of drug-likeness (QED) is 0.772. The number of amides is 2. The SMILES string of the molecule is CC(C)C(C)(O)CNC(=O)Nc1cc(F)ccc1N1CCCCC1. The van der Waals surface area contributed by atoms with Crippen LogP contribution in [0.2, 0.25) is 0 Å². The van der Waals surface area contributed by atoms with Gasteiger partial charge in [0.1, 0.15) is 5.82 Å². The number of benzene rings is 1. The van der Waals surface area contributed by atoms with Crippen LogP contribution in [0.1, 0.15) is 40.0 Å². The molecule has 134 valence electrons. The fourth-order valence-electron chi connectivity index (χ4n) is 2.65. The lowest BCUT2D eigenvalue weighted by atomic mass is 9.93. The zero-order chi connectivity index (χ0) is 17.7. The monoisotopic (exact) mass is 337 g/mol. The smallest absolute Gasteiger partial charge is 0.319 e. The van der Waals surface area contributed by atoms with Crippen LogP contribution in [0.5, 0.6) is 0 Å². The lowest BCUT2D eigenvalue weighted by molar-refractivity contribution is 0.0170. The molecule has 1 saturated heterocycles. The van der Waals surface area contributed by atoms with Crippen molar-refractivity contribution in [1.29, 1.82) is 0 Å². The lowest BCUT2D eigenvalue weighted by Crippen LogP contribution is -2.45. The van der Waals surface area contributed by atoms with E-state index in [4.69, 9.17) is 0 Å². The predicted octanol–water partition coefficient (Wildman–Crippen LogP) is 3.34. The van der Waals surface area contributed by atoms with Gasteiger partial charge in [-0.15, -0.1) is 0 Å². The summed E-state index contributed by atoms with van der Waals surface area (Å²) in [5.74, 6) is -0.379. The zero-order valence-electron chi connectivity index (χ0n) is 14.7. The van der Waals surface area contributed by atoms with E-state index in [1.165, 1.54) is 18.6 Å². The Labute approximate surface area is 143 Å². The van der Waals surface area contributed by atoms with Crippen LogP contribution in [-0.4, -0.2) is 36.4 Å². The van der Waals surface area contributed by atoms with Gasteiger partial charge in [-0.25, -0.2) is 9.18 Å². The van der Waals surface area contributed by atoms with Crippen LogP contribution in [-0.2, 0) is 0 Å². The molecule has 0 aliphatic carbocycles. The molecule has 24 heavy (non-hydrogen) atoms. The van der Waals surface area contributed by atoms with E-state index in [1.807, 2.05) is 13.8 Å². The minimum Gasteiger partial charge on any atom is -0.388 e.